The first-order valence-corrected chi connectivity index (χ1v) is 5.40. The molecule has 1 N–H and O–H groups in total. The summed E-state index contributed by atoms with van der Waals surface area (Å²) in [4.78, 5) is 0. The summed E-state index contributed by atoms with van der Waals surface area (Å²) in [7, 11) is -1.01. The third-order valence-corrected chi connectivity index (χ3v) is 2.33. The van der Waals surface area contributed by atoms with Crippen LogP contribution in [0.15, 0.2) is 28.7 Å². The smallest absolute Gasteiger partial charge is 0.113 e. The van der Waals surface area contributed by atoms with Gasteiger partial charge in [-0.2, -0.15) is 0 Å². The first-order valence-electron chi connectivity index (χ1n) is 3.05. The predicted molar refractivity (Wildman–Crippen MR) is 51.8 cm³/mol. The molecule has 0 radical (unpaired) electrons. The molecule has 0 aromatic heterocycles. The predicted octanol–water partition coefficient (Wildman–Crippen LogP) is 2.15. The van der Waals surface area contributed by atoms with Crippen LogP contribution in [0.4, 0.5) is 5.69 Å². The molecule has 0 saturated carbocycles. The van der Waals surface area contributed by atoms with Crippen LogP contribution in [0.5, 0.6) is 0 Å². The minimum atomic E-state index is -1.01. The molecule has 1 unspecified atom stereocenters. The largest absolute Gasteiger partial charge is 0.304 e. The Hall–Kier alpha value is -0.350. The molecule has 0 bridgehead atoms. The first-order chi connectivity index (χ1) is 5.20. The highest BCUT2D eigenvalue weighted by Gasteiger charge is 1.96. The second-order valence-corrected chi connectivity index (χ2v) is 4.00. The Morgan fingerprint density at radius 2 is 2.09 bits per heavy atom. The zero-order chi connectivity index (χ0) is 8.27. The Kier molecular flexibility index (Phi) is 3.08. The van der Waals surface area contributed by atoms with Crippen molar-refractivity contribution in [2.45, 2.75) is 0 Å². The van der Waals surface area contributed by atoms with Crippen LogP contribution in [-0.4, -0.2) is 10.5 Å². The van der Waals surface area contributed by atoms with Gasteiger partial charge in [-0.05, 0) is 28.1 Å². The van der Waals surface area contributed by atoms with Crippen molar-refractivity contribution in [3.05, 3.63) is 28.7 Å². The molecule has 1 aromatic rings. The van der Waals surface area contributed by atoms with E-state index in [1.165, 1.54) is 0 Å². The van der Waals surface area contributed by atoms with Gasteiger partial charge in [0, 0.05) is 10.7 Å². The lowest BCUT2D eigenvalue weighted by Gasteiger charge is -2.03. The van der Waals surface area contributed by atoms with E-state index in [2.05, 4.69) is 20.7 Å². The Bertz CT molecular complexity index is 277. The molecular weight excluding hydrogens is 226 g/mol. The molecule has 0 heterocycles. The van der Waals surface area contributed by atoms with Gasteiger partial charge in [0.1, 0.15) is 11.0 Å². The molecule has 0 aliphatic carbocycles. The average molecular weight is 234 g/mol. The van der Waals surface area contributed by atoms with Crippen LogP contribution >= 0.6 is 15.9 Å². The van der Waals surface area contributed by atoms with E-state index in [0.717, 1.165) is 10.2 Å². The monoisotopic (exact) mass is 233 g/mol. The Morgan fingerprint density at radius 1 is 1.45 bits per heavy atom. The van der Waals surface area contributed by atoms with Crippen molar-refractivity contribution < 1.29 is 4.21 Å². The van der Waals surface area contributed by atoms with Gasteiger partial charge in [0.05, 0.1) is 5.69 Å². The van der Waals surface area contributed by atoms with Crippen LogP contribution in [0.1, 0.15) is 0 Å². The summed E-state index contributed by atoms with van der Waals surface area (Å²) in [6.07, 6.45) is 1.60. The van der Waals surface area contributed by atoms with Crippen molar-refractivity contribution in [2.75, 3.05) is 11.0 Å². The van der Waals surface area contributed by atoms with Crippen LogP contribution in [0.3, 0.4) is 0 Å². The van der Waals surface area contributed by atoms with Crippen LogP contribution < -0.4 is 4.72 Å². The third kappa shape index (κ3) is 2.63. The molecule has 0 saturated heterocycles. The molecule has 1 rings (SSSR count). The first kappa shape index (κ1) is 8.74. The lowest BCUT2D eigenvalue weighted by molar-refractivity contribution is 0.690. The summed E-state index contributed by atoms with van der Waals surface area (Å²) >= 11 is 3.33. The van der Waals surface area contributed by atoms with Gasteiger partial charge in [0.15, 0.2) is 0 Å². The second kappa shape index (κ2) is 3.88. The van der Waals surface area contributed by atoms with E-state index in [0.29, 0.717) is 0 Å². The molecule has 4 heteroatoms. The average Bonchev–Trinajstić information content (AvgIpc) is 1.93. The molecule has 0 spiro atoms. The maximum absolute atomic E-state index is 10.7. The Labute approximate surface area is 76.7 Å². The zero-order valence-corrected chi connectivity index (χ0v) is 8.41. The van der Waals surface area contributed by atoms with Gasteiger partial charge < -0.3 is 4.72 Å². The van der Waals surface area contributed by atoms with Gasteiger partial charge in [0.25, 0.3) is 0 Å². The van der Waals surface area contributed by atoms with Gasteiger partial charge in [-0.25, -0.2) is 4.21 Å². The maximum Gasteiger partial charge on any atom is 0.113 e. The van der Waals surface area contributed by atoms with Crippen molar-refractivity contribution >= 4 is 32.6 Å². The van der Waals surface area contributed by atoms with E-state index in [4.69, 9.17) is 0 Å². The number of hydrogen-bond acceptors (Lipinski definition) is 1. The summed E-state index contributed by atoms with van der Waals surface area (Å²) in [6, 6.07) is 7.56. The number of hydrogen-bond donors (Lipinski definition) is 1. The van der Waals surface area contributed by atoms with Crippen LogP contribution in [0.25, 0.3) is 0 Å². The summed E-state index contributed by atoms with van der Waals surface area (Å²) in [6.45, 7) is 0. The topological polar surface area (TPSA) is 29.1 Å². The maximum atomic E-state index is 10.7. The van der Waals surface area contributed by atoms with E-state index in [-0.39, 0.29) is 0 Å². The van der Waals surface area contributed by atoms with Crippen molar-refractivity contribution in [2.24, 2.45) is 0 Å². The normalized spacial score (nSPS) is 12.5. The molecule has 0 aliphatic heterocycles. The molecule has 11 heavy (non-hydrogen) atoms. The van der Waals surface area contributed by atoms with Gasteiger partial charge in [-0.1, -0.05) is 12.1 Å². The van der Waals surface area contributed by atoms with Gasteiger partial charge >= 0.3 is 0 Å². The number of anilines is 1. The van der Waals surface area contributed by atoms with Crippen LogP contribution in [-0.2, 0) is 11.0 Å². The lowest BCUT2D eigenvalue weighted by Crippen LogP contribution is -2.01. The Balaban J connectivity index is 2.86. The molecule has 0 aliphatic rings. The highest BCUT2D eigenvalue weighted by atomic mass is 79.9. The van der Waals surface area contributed by atoms with E-state index >= 15 is 0 Å². The molecule has 0 amide bonds. The SMILES string of the molecule is CS(=O)Nc1ccccc1Br. The lowest BCUT2D eigenvalue weighted by atomic mass is 10.3. The van der Waals surface area contributed by atoms with E-state index in [1.807, 2.05) is 24.3 Å². The molecule has 1 atom stereocenters. The number of para-hydroxylation sites is 1. The fourth-order valence-corrected chi connectivity index (χ4v) is 1.70. The quantitative estimate of drug-likeness (QED) is 0.834. The second-order valence-electron chi connectivity index (χ2n) is 2.04. The molecular formula is C7H8BrNOS. The minimum Gasteiger partial charge on any atom is -0.304 e. The molecule has 0 fully saturated rings. The van der Waals surface area contributed by atoms with Gasteiger partial charge in [-0.3, -0.25) is 0 Å². The number of benzene rings is 1. The van der Waals surface area contributed by atoms with E-state index < -0.39 is 11.0 Å². The van der Waals surface area contributed by atoms with Crippen molar-refractivity contribution in [1.82, 2.24) is 0 Å². The summed E-state index contributed by atoms with van der Waals surface area (Å²) in [5.74, 6) is 0. The summed E-state index contributed by atoms with van der Waals surface area (Å²) in [5, 5.41) is 0. The van der Waals surface area contributed by atoms with Crippen molar-refractivity contribution in [3.8, 4) is 0 Å². The fraction of sp³-hybridized carbons (Fsp3) is 0.143. The summed E-state index contributed by atoms with van der Waals surface area (Å²) in [5.41, 5.74) is 0.855. The van der Waals surface area contributed by atoms with Gasteiger partial charge in [0.2, 0.25) is 0 Å². The van der Waals surface area contributed by atoms with Crippen molar-refractivity contribution in [1.29, 1.82) is 0 Å². The highest BCUT2D eigenvalue weighted by Crippen LogP contribution is 2.21. The standard InChI is InChI=1S/C7H8BrNOS/c1-11(10)9-7-5-3-2-4-6(7)8/h2-5,9H,1H3. The van der Waals surface area contributed by atoms with Crippen LogP contribution in [0.2, 0.25) is 0 Å². The minimum absolute atomic E-state index is 0.855. The zero-order valence-electron chi connectivity index (χ0n) is 6.00. The van der Waals surface area contributed by atoms with Gasteiger partial charge in [-0.15, -0.1) is 0 Å². The van der Waals surface area contributed by atoms with E-state index in [9.17, 15) is 4.21 Å². The molecule has 1 aromatic carbocycles. The number of nitrogens with one attached hydrogen (secondary N) is 1. The molecule has 2 nitrogen and oxygen atoms in total. The highest BCUT2D eigenvalue weighted by molar-refractivity contribution is 9.10. The number of halogens is 1. The fourth-order valence-electron chi connectivity index (χ4n) is 0.699. The molecule has 60 valence electrons. The third-order valence-electron chi connectivity index (χ3n) is 1.13. The summed E-state index contributed by atoms with van der Waals surface area (Å²) < 4.78 is 14.5. The number of rotatable bonds is 2. The van der Waals surface area contributed by atoms with Crippen molar-refractivity contribution in [3.63, 3.8) is 0 Å². The van der Waals surface area contributed by atoms with Crippen LogP contribution in [0, 0.1) is 0 Å². The van der Waals surface area contributed by atoms with E-state index in [1.54, 1.807) is 6.26 Å². The Morgan fingerprint density at radius 3 is 2.64 bits per heavy atom.